The van der Waals surface area contributed by atoms with Crippen molar-refractivity contribution < 1.29 is 41.1 Å². The molecule has 1 atom stereocenters. The monoisotopic (exact) mass is 626 g/mol. The number of anilines is 1. The molecule has 1 saturated heterocycles. The maximum Gasteiger partial charge on any atom is 0.416 e. The predicted molar refractivity (Wildman–Crippen MR) is 147 cm³/mol. The van der Waals surface area contributed by atoms with Crippen LogP contribution in [0.15, 0.2) is 36.4 Å². The van der Waals surface area contributed by atoms with Gasteiger partial charge in [0, 0.05) is 22.6 Å². The molecule has 0 saturated carbocycles. The van der Waals surface area contributed by atoms with Crippen molar-refractivity contribution in [3.8, 4) is 0 Å². The number of hydrogen-bond acceptors (Lipinski definition) is 5. The summed E-state index contributed by atoms with van der Waals surface area (Å²) in [5.41, 5.74) is -3.18. The van der Waals surface area contributed by atoms with Gasteiger partial charge < -0.3 is 19.9 Å². The van der Waals surface area contributed by atoms with E-state index in [0.717, 1.165) is 12.1 Å². The molecule has 0 aliphatic carbocycles. The molecular weight excluding hydrogens is 599 g/mol. The second-order valence-electron chi connectivity index (χ2n) is 10.7. The van der Waals surface area contributed by atoms with Crippen molar-refractivity contribution in [3.05, 3.63) is 81.3 Å². The van der Waals surface area contributed by atoms with Gasteiger partial charge >= 0.3 is 6.18 Å². The summed E-state index contributed by atoms with van der Waals surface area (Å²) in [7, 11) is 0. The molecule has 0 bridgehead atoms. The fourth-order valence-electron chi connectivity index (χ4n) is 5.00. The van der Waals surface area contributed by atoms with Crippen LogP contribution in [0.25, 0.3) is 0 Å². The molecule has 0 spiro atoms. The van der Waals surface area contributed by atoms with Crippen molar-refractivity contribution in [2.75, 3.05) is 18.5 Å². The predicted octanol–water partition coefficient (Wildman–Crippen LogP) is 5.91. The zero-order chi connectivity index (χ0) is 31.7. The highest BCUT2D eigenvalue weighted by molar-refractivity contribution is 6.31. The number of ether oxygens (including phenoxy) is 1. The Bertz CT molecular complexity index is 1560. The van der Waals surface area contributed by atoms with Crippen molar-refractivity contribution >= 4 is 35.0 Å². The molecule has 2 amide bonds. The standard InChI is InChI=1S/C29H28ClF5N4O4/c1-15(40)13-39-23(28(2,3)21-12-18(31)6-7-22(21)30)24(37-25(39)27(42)36-20-5-4-8-43-14-20)38-26(41)16-9-17(29(33,34)35)11-19(32)10-16/h6-7,9-12,20H,4-5,8,13-14H2,1-3H3,(H,36,42)(H,38,41)/t20-/m0/s1. The summed E-state index contributed by atoms with van der Waals surface area (Å²) < 4.78 is 75.2. The van der Waals surface area contributed by atoms with Crippen LogP contribution in [0.5, 0.6) is 0 Å². The van der Waals surface area contributed by atoms with E-state index >= 15 is 0 Å². The molecule has 2 N–H and O–H groups in total. The van der Waals surface area contributed by atoms with Gasteiger partial charge in [-0.15, -0.1) is 0 Å². The van der Waals surface area contributed by atoms with Crippen LogP contribution in [0, 0.1) is 11.6 Å². The third-order valence-electron chi connectivity index (χ3n) is 6.96. The summed E-state index contributed by atoms with van der Waals surface area (Å²) in [5, 5.41) is 5.28. The molecule has 4 rings (SSSR count). The highest BCUT2D eigenvalue weighted by Crippen LogP contribution is 2.41. The first-order chi connectivity index (χ1) is 20.1. The molecule has 3 aromatic rings. The Hall–Kier alpha value is -3.84. The van der Waals surface area contributed by atoms with E-state index in [0.29, 0.717) is 31.6 Å². The first-order valence-electron chi connectivity index (χ1n) is 13.2. The Morgan fingerprint density at radius 2 is 1.79 bits per heavy atom. The molecule has 1 aliphatic rings. The minimum Gasteiger partial charge on any atom is -0.379 e. The van der Waals surface area contributed by atoms with Crippen LogP contribution in [0.4, 0.5) is 27.8 Å². The number of imidazole rings is 1. The number of nitrogens with zero attached hydrogens (tertiary/aromatic N) is 2. The highest BCUT2D eigenvalue weighted by atomic mass is 35.5. The van der Waals surface area contributed by atoms with Gasteiger partial charge in [0.2, 0.25) is 5.82 Å². The number of rotatable bonds is 8. The van der Waals surface area contributed by atoms with E-state index < -0.39 is 58.5 Å². The summed E-state index contributed by atoms with van der Waals surface area (Å²) >= 11 is 6.43. The number of amides is 2. The minimum absolute atomic E-state index is 0.0287. The smallest absolute Gasteiger partial charge is 0.379 e. The van der Waals surface area contributed by atoms with Crippen molar-refractivity contribution in [1.29, 1.82) is 0 Å². The molecule has 1 aromatic heterocycles. The number of alkyl halides is 3. The summed E-state index contributed by atoms with van der Waals surface area (Å²) in [4.78, 5) is 43.5. The number of carbonyl (C=O) groups is 3. The van der Waals surface area contributed by atoms with Crippen molar-refractivity contribution in [2.24, 2.45) is 0 Å². The van der Waals surface area contributed by atoms with Gasteiger partial charge in [0.25, 0.3) is 11.8 Å². The molecule has 0 radical (unpaired) electrons. The third kappa shape index (κ3) is 7.21. The number of ketones is 1. The normalized spacial score (nSPS) is 15.7. The van der Waals surface area contributed by atoms with E-state index in [4.69, 9.17) is 16.3 Å². The lowest BCUT2D eigenvalue weighted by molar-refractivity contribution is -0.137. The maximum absolute atomic E-state index is 14.4. The second kappa shape index (κ2) is 12.4. The lowest BCUT2D eigenvalue weighted by Gasteiger charge is -2.29. The molecule has 2 heterocycles. The van der Waals surface area contributed by atoms with Crippen molar-refractivity contribution in [1.82, 2.24) is 14.9 Å². The molecule has 8 nitrogen and oxygen atoms in total. The number of aromatic nitrogens is 2. The van der Waals surface area contributed by atoms with Crippen LogP contribution in [0.2, 0.25) is 5.02 Å². The van der Waals surface area contributed by atoms with E-state index in [-0.39, 0.29) is 46.6 Å². The SMILES string of the molecule is CC(=O)Cn1c(C(=O)N[C@H]2CCCOC2)nc(NC(=O)c2cc(F)cc(C(F)(F)F)c2)c1C(C)(C)c1cc(F)ccc1Cl. The second-order valence-corrected chi connectivity index (χ2v) is 11.1. The quantitative estimate of drug-likeness (QED) is 0.303. The third-order valence-corrected chi connectivity index (χ3v) is 7.29. The average molecular weight is 627 g/mol. The highest BCUT2D eigenvalue weighted by Gasteiger charge is 2.38. The van der Waals surface area contributed by atoms with Crippen LogP contribution in [0.1, 0.15) is 71.4 Å². The number of Topliss-reactive ketones (excluding diaryl/α,β-unsaturated/α-hetero) is 1. The molecular formula is C29H28ClF5N4O4. The van der Waals surface area contributed by atoms with Crippen LogP contribution < -0.4 is 10.6 Å². The van der Waals surface area contributed by atoms with Gasteiger partial charge in [0.1, 0.15) is 17.4 Å². The number of halogens is 6. The van der Waals surface area contributed by atoms with E-state index in [2.05, 4.69) is 15.6 Å². The molecule has 230 valence electrons. The van der Waals surface area contributed by atoms with E-state index in [1.807, 2.05) is 0 Å². The molecule has 0 unspecified atom stereocenters. The van der Waals surface area contributed by atoms with Gasteiger partial charge in [-0.05, 0) is 61.7 Å². The van der Waals surface area contributed by atoms with Crippen LogP contribution >= 0.6 is 11.6 Å². The fourth-order valence-corrected chi connectivity index (χ4v) is 5.35. The first-order valence-corrected chi connectivity index (χ1v) is 13.6. The minimum atomic E-state index is -4.93. The first kappa shape index (κ1) is 32.1. The van der Waals surface area contributed by atoms with Crippen LogP contribution in [-0.4, -0.2) is 46.4 Å². The average Bonchev–Trinajstić information content (AvgIpc) is 3.27. The molecule has 14 heteroatoms. The molecule has 1 aliphatic heterocycles. The Morgan fingerprint density at radius 1 is 1.07 bits per heavy atom. The number of benzene rings is 2. The van der Waals surface area contributed by atoms with Gasteiger partial charge in [-0.25, -0.2) is 13.8 Å². The summed E-state index contributed by atoms with van der Waals surface area (Å²) in [6.45, 7) is 4.78. The number of hydrogen-bond donors (Lipinski definition) is 2. The zero-order valence-corrected chi connectivity index (χ0v) is 24.1. The lowest BCUT2D eigenvalue weighted by atomic mass is 9.80. The van der Waals surface area contributed by atoms with Crippen LogP contribution in [-0.2, 0) is 27.7 Å². The van der Waals surface area contributed by atoms with Gasteiger partial charge in [0.15, 0.2) is 5.82 Å². The Kier molecular flexibility index (Phi) is 9.26. The van der Waals surface area contributed by atoms with E-state index in [1.54, 1.807) is 13.8 Å². The Balaban J connectivity index is 1.88. The topological polar surface area (TPSA) is 102 Å². The van der Waals surface area contributed by atoms with Gasteiger partial charge in [-0.3, -0.25) is 14.4 Å². The Labute approximate surface area is 248 Å². The van der Waals surface area contributed by atoms with E-state index in [1.165, 1.54) is 17.6 Å². The largest absolute Gasteiger partial charge is 0.416 e. The summed E-state index contributed by atoms with van der Waals surface area (Å²) in [6, 6.07) is 4.53. The lowest BCUT2D eigenvalue weighted by Crippen LogP contribution is -2.42. The maximum atomic E-state index is 14.4. The van der Waals surface area contributed by atoms with E-state index in [9.17, 15) is 36.3 Å². The fraction of sp³-hybridized carbons (Fsp3) is 0.379. The van der Waals surface area contributed by atoms with Gasteiger partial charge in [0.05, 0.1) is 30.5 Å². The van der Waals surface area contributed by atoms with Crippen molar-refractivity contribution in [2.45, 2.75) is 57.8 Å². The number of carbonyl (C=O) groups excluding carboxylic acids is 3. The summed E-state index contributed by atoms with van der Waals surface area (Å²) in [5.74, 6) is -4.87. The molecule has 1 fully saturated rings. The summed E-state index contributed by atoms with van der Waals surface area (Å²) in [6.07, 6.45) is -3.63. The zero-order valence-electron chi connectivity index (χ0n) is 23.4. The molecule has 2 aromatic carbocycles. The number of nitrogens with one attached hydrogen (secondary N) is 2. The molecule has 43 heavy (non-hydrogen) atoms. The van der Waals surface area contributed by atoms with Gasteiger partial charge in [-0.1, -0.05) is 25.4 Å². The van der Waals surface area contributed by atoms with Crippen LogP contribution in [0.3, 0.4) is 0 Å². The Morgan fingerprint density at radius 3 is 2.42 bits per heavy atom. The van der Waals surface area contributed by atoms with Gasteiger partial charge in [-0.2, -0.15) is 13.2 Å². The van der Waals surface area contributed by atoms with Crippen molar-refractivity contribution in [3.63, 3.8) is 0 Å².